The predicted molar refractivity (Wildman–Crippen MR) is 113 cm³/mol. The molecule has 1 aromatic rings. The van der Waals surface area contributed by atoms with Crippen molar-refractivity contribution >= 4 is 23.7 Å². The van der Waals surface area contributed by atoms with E-state index in [1.54, 1.807) is 21.9 Å². The lowest BCUT2D eigenvalue weighted by atomic mass is 10.1. The first-order valence-electron chi connectivity index (χ1n) is 10.5. The number of aliphatic carboxylic acids is 2. The van der Waals surface area contributed by atoms with Crippen molar-refractivity contribution in [1.29, 1.82) is 0 Å². The molecule has 0 bridgehead atoms. The van der Waals surface area contributed by atoms with E-state index < -0.39 is 23.9 Å². The number of Topliss-reactive ketones (excluding diaryl/α,β-unsaturated/α-hetero) is 1. The summed E-state index contributed by atoms with van der Waals surface area (Å²) in [4.78, 5) is 55.4. The summed E-state index contributed by atoms with van der Waals surface area (Å²) in [5.74, 6) is -3.19. The summed E-state index contributed by atoms with van der Waals surface area (Å²) in [6.45, 7) is 4.24. The van der Waals surface area contributed by atoms with E-state index in [1.165, 1.54) is 13.0 Å². The van der Waals surface area contributed by atoms with E-state index in [9.17, 15) is 29.4 Å². The van der Waals surface area contributed by atoms with Gasteiger partial charge >= 0.3 is 17.9 Å². The zero-order chi connectivity index (χ0) is 23.7. The number of carboxylic acids is 3. The molecule has 2 heterocycles. The molecular weight excluding hydrogens is 420 g/mol. The number of carbonyl (C=O) groups excluding carboxylic acids is 1. The van der Waals surface area contributed by atoms with Crippen LogP contribution in [0.3, 0.4) is 0 Å². The fourth-order valence-electron chi connectivity index (χ4n) is 3.70. The highest BCUT2D eigenvalue weighted by Crippen LogP contribution is 2.12. The molecule has 0 aromatic carbocycles. The van der Waals surface area contributed by atoms with Gasteiger partial charge in [-0.15, -0.1) is 0 Å². The Bertz CT molecular complexity index is 832. The molecule has 176 valence electrons. The number of carbonyl (C=O) groups is 4. The van der Waals surface area contributed by atoms with Crippen molar-refractivity contribution in [2.24, 2.45) is 0 Å². The maximum absolute atomic E-state index is 11.9. The van der Waals surface area contributed by atoms with E-state index in [2.05, 4.69) is 4.98 Å². The van der Waals surface area contributed by atoms with Crippen LogP contribution < -0.4 is 0 Å². The SMILES string of the molecule is CC(=O)CCC(C(=O)O)N1CCN(CC(=O)O)CCN(Cc2cccc(C(=O)O)n2)CC1. The molecule has 1 fully saturated rings. The first-order chi connectivity index (χ1) is 15.2. The number of hydrogen-bond acceptors (Lipinski definition) is 8. The van der Waals surface area contributed by atoms with Crippen molar-refractivity contribution in [1.82, 2.24) is 19.7 Å². The third-order valence-corrected chi connectivity index (χ3v) is 5.41. The second kappa shape index (κ2) is 12.2. The summed E-state index contributed by atoms with van der Waals surface area (Å²) in [5.41, 5.74) is 0.503. The van der Waals surface area contributed by atoms with Crippen LogP contribution in [0.2, 0.25) is 0 Å². The predicted octanol–water partition coefficient (Wildman–Crippen LogP) is 0.106. The van der Waals surface area contributed by atoms with Crippen molar-refractivity contribution in [2.45, 2.75) is 32.4 Å². The fourth-order valence-corrected chi connectivity index (χ4v) is 3.70. The Balaban J connectivity index is 2.19. The second-order valence-corrected chi connectivity index (χ2v) is 7.90. The van der Waals surface area contributed by atoms with Crippen LogP contribution in [0.15, 0.2) is 18.2 Å². The molecule has 11 nitrogen and oxygen atoms in total. The lowest BCUT2D eigenvalue weighted by molar-refractivity contribution is -0.144. The number of aromatic carboxylic acids is 1. The zero-order valence-corrected chi connectivity index (χ0v) is 18.1. The first kappa shape index (κ1) is 25.4. The van der Waals surface area contributed by atoms with Gasteiger partial charge in [-0.1, -0.05) is 6.07 Å². The molecule has 0 radical (unpaired) electrons. The van der Waals surface area contributed by atoms with Gasteiger partial charge in [-0.3, -0.25) is 24.3 Å². The molecule has 3 N–H and O–H groups in total. The van der Waals surface area contributed by atoms with Gasteiger partial charge in [-0.05, 0) is 25.5 Å². The summed E-state index contributed by atoms with van der Waals surface area (Å²) in [5, 5.41) is 28.1. The van der Waals surface area contributed by atoms with Crippen LogP contribution in [0.4, 0.5) is 0 Å². The fraction of sp³-hybridized carbons (Fsp3) is 0.571. The normalized spacial score (nSPS) is 17.7. The van der Waals surface area contributed by atoms with Crippen molar-refractivity contribution in [2.75, 3.05) is 45.8 Å². The number of carboxylic acid groups (broad SMARTS) is 3. The summed E-state index contributed by atoms with van der Waals surface area (Å²) in [7, 11) is 0. The molecule has 1 unspecified atom stereocenters. The highest BCUT2D eigenvalue weighted by Gasteiger charge is 2.28. The number of ketones is 1. The Morgan fingerprint density at radius 2 is 1.59 bits per heavy atom. The van der Waals surface area contributed by atoms with Crippen LogP contribution in [0.1, 0.15) is 35.9 Å². The number of rotatable bonds is 10. The third-order valence-electron chi connectivity index (χ3n) is 5.41. The minimum atomic E-state index is -1.12. The van der Waals surface area contributed by atoms with Crippen LogP contribution in [-0.2, 0) is 20.9 Å². The molecule has 0 amide bonds. The molecule has 0 aliphatic carbocycles. The lowest BCUT2D eigenvalue weighted by Gasteiger charge is -2.30. The number of aromatic nitrogens is 1. The molecule has 1 aromatic heterocycles. The second-order valence-electron chi connectivity index (χ2n) is 7.90. The van der Waals surface area contributed by atoms with E-state index in [1.807, 2.05) is 4.90 Å². The van der Waals surface area contributed by atoms with Crippen molar-refractivity contribution in [3.05, 3.63) is 29.6 Å². The Morgan fingerprint density at radius 3 is 2.19 bits per heavy atom. The van der Waals surface area contributed by atoms with Gasteiger partial charge in [0.05, 0.1) is 12.2 Å². The van der Waals surface area contributed by atoms with Gasteiger partial charge in [0.2, 0.25) is 0 Å². The molecular formula is C21H30N4O7. The molecule has 0 spiro atoms. The Morgan fingerprint density at radius 1 is 0.969 bits per heavy atom. The standard InChI is InChI=1S/C21H30N4O7/c1-15(26)5-6-18(21(31)32)25-11-9-23(7-8-24(10-12-25)14-19(27)28)13-16-3-2-4-17(22-16)20(29)30/h2-4,18H,5-14H2,1H3,(H,27,28)(H,29,30)(H,31,32). The highest BCUT2D eigenvalue weighted by molar-refractivity contribution is 5.85. The van der Waals surface area contributed by atoms with Crippen LogP contribution >= 0.6 is 0 Å². The smallest absolute Gasteiger partial charge is 0.354 e. The van der Waals surface area contributed by atoms with Crippen LogP contribution in [-0.4, -0.2) is 111 Å². The molecule has 0 saturated carbocycles. The molecule has 32 heavy (non-hydrogen) atoms. The maximum Gasteiger partial charge on any atom is 0.354 e. The summed E-state index contributed by atoms with van der Waals surface area (Å²) >= 11 is 0. The van der Waals surface area contributed by atoms with E-state index >= 15 is 0 Å². The topological polar surface area (TPSA) is 152 Å². The Labute approximate surface area is 186 Å². The van der Waals surface area contributed by atoms with Crippen molar-refractivity contribution < 1.29 is 34.5 Å². The van der Waals surface area contributed by atoms with Gasteiger partial charge in [0.1, 0.15) is 17.5 Å². The van der Waals surface area contributed by atoms with Crippen LogP contribution in [0.5, 0.6) is 0 Å². The summed E-state index contributed by atoms with van der Waals surface area (Å²) < 4.78 is 0. The number of hydrogen-bond donors (Lipinski definition) is 3. The van der Waals surface area contributed by atoms with Crippen molar-refractivity contribution in [3.8, 4) is 0 Å². The molecule has 1 atom stereocenters. The summed E-state index contributed by atoms with van der Waals surface area (Å²) in [6, 6.07) is 3.90. The monoisotopic (exact) mass is 450 g/mol. The minimum Gasteiger partial charge on any atom is -0.480 e. The van der Waals surface area contributed by atoms with Gasteiger partial charge in [0.25, 0.3) is 0 Å². The summed E-state index contributed by atoms with van der Waals surface area (Å²) in [6.07, 6.45) is 0.341. The van der Waals surface area contributed by atoms with E-state index in [0.29, 0.717) is 51.5 Å². The molecule has 1 aliphatic heterocycles. The first-order valence-corrected chi connectivity index (χ1v) is 10.5. The van der Waals surface area contributed by atoms with E-state index in [0.717, 1.165) is 0 Å². The van der Waals surface area contributed by atoms with Gasteiger partial charge in [0, 0.05) is 52.2 Å². The highest BCUT2D eigenvalue weighted by atomic mass is 16.4. The molecule has 11 heteroatoms. The van der Waals surface area contributed by atoms with Gasteiger partial charge in [-0.2, -0.15) is 0 Å². The third kappa shape index (κ3) is 8.33. The minimum absolute atomic E-state index is 0.0592. The molecule has 2 rings (SSSR count). The average molecular weight is 450 g/mol. The van der Waals surface area contributed by atoms with Crippen LogP contribution in [0, 0.1) is 0 Å². The average Bonchev–Trinajstić information content (AvgIpc) is 2.80. The van der Waals surface area contributed by atoms with Crippen molar-refractivity contribution in [3.63, 3.8) is 0 Å². The largest absolute Gasteiger partial charge is 0.480 e. The van der Waals surface area contributed by atoms with Gasteiger partial charge in [-0.25, -0.2) is 9.78 Å². The molecule has 1 aliphatic rings. The van der Waals surface area contributed by atoms with E-state index in [4.69, 9.17) is 5.11 Å². The molecule has 1 saturated heterocycles. The Hall–Kier alpha value is -2.89. The van der Waals surface area contributed by atoms with Gasteiger partial charge in [0.15, 0.2) is 0 Å². The quantitative estimate of drug-likeness (QED) is 0.445. The number of nitrogens with zero attached hydrogens (tertiary/aromatic N) is 4. The lowest BCUT2D eigenvalue weighted by Crippen LogP contribution is -2.47. The van der Waals surface area contributed by atoms with E-state index in [-0.39, 0.29) is 30.9 Å². The van der Waals surface area contributed by atoms with Crippen LogP contribution in [0.25, 0.3) is 0 Å². The maximum atomic E-state index is 11.9. The zero-order valence-electron chi connectivity index (χ0n) is 18.1. The Kier molecular flexibility index (Phi) is 9.69. The van der Waals surface area contributed by atoms with Gasteiger partial charge < -0.3 is 20.1 Å². The number of pyridine rings is 1.